The first-order valence-corrected chi connectivity index (χ1v) is 6.27. The van der Waals surface area contributed by atoms with Crippen molar-refractivity contribution in [1.29, 1.82) is 0 Å². The summed E-state index contributed by atoms with van der Waals surface area (Å²) in [4.78, 5) is 34.0. The largest absolute Gasteiger partial charge is 0.427 e. The van der Waals surface area contributed by atoms with E-state index < -0.39 is 5.97 Å². The van der Waals surface area contributed by atoms with Gasteiger partial charge in [-0.1, -0.05) is 12.1 Å². The number of nitrogens with zero attached hydrogens (tertiary/aromatic N) is 2. The number of rotatable bonds is 2. The van der Waals surface area contributed by atoms with Crippen molar-refractivity contribution in [2.45, 2.75) is 6.92 Å². The molecule has 0 unspecified atom stereocenters. The summed E-state index contributed by atoms with van der Waals surface area (Å²) < 4.78 is 5.02. The van der Waals surface area contributed by atoms with Gasteiger partial charge < -0.3 is 9.72 Å². The third-order valence-electron chi connectivity index (χ3n) is 2.83. The summed E-state index contributed by atoms with van der Waals surface area (Å²) in [6.45, 7) is 1.33. The molecule has 2 heterocycles. The van der Waals surface area contributed by atoms with Gasteiger partial charge in [-0.05, 0) is 24.3 Å². The number of hydrogen-bond donors (Lipinski definition) is 1. The molecule has 1 N–H and O–H groups in total. The van der Waals surface area contributed by atoms with Crippen molar-refractivity contribution in [2.24, 2.45) is 0 Å². The highest BCUT2D eigenvalue weighted by Gasteiger charge is 2.08. The van der Waals surface area contributed by atoms with Gasteiger partial charge in [0.15, 0.2) is 5.52 Å². The maximum Gasteiger partial charge on any atom is 0.308 e. The Morgan fingerprint density at radius 1 is 1.24 bits per heavy atom. The fourth-order valence-corrected chi connectivity index (χ4v) is 1.99. The van der Waals surface area contributed by atoms with Gasteiger partial charge in [-0.2, -0.15) is 0 Å². The minimum absolute atomic E-state index is 0.289. The molecule has 21 heavy (non-hydrogen) atoms. The van der Waals surface area contributed by atoms with E-state index in [1.807, 2.05) is 0 Å². The number of aromatic amines is 1. The van der Waals surface area contributed by atoms with Crippen molar-refractivity contribution in [3.05, 3.63) is 52.9 Å². The fourth-order valence-electron chi connectivity index (χ4n) is 1.99. The van der Waals surface area contributed by atoms with Crippen LogP contribution in [0.25, 0.3) is 22.4 Å². The van der Waals surface area contributed by atoms with Crippen LogP contribution >= 0.6 is 0 Å². The van der Waals surface area contributed by atoms with Crippen LogP contribution in [0, 0.1) is 0 Å². The molecule has 6 heteroatoms. The van der Waals surface area contributed by atoms with Crippen LogP contribution in [0.15, 0.2) is 47.4 Å². The average Bonchev–Trinajstić information content (AvgIpc) is 2.47. The normalized spacial score (nSPS) is 10.5. The maximum atomic E-state index is 12.0. The zero-order valence-electron chi connectivity index (χ0n) is 11.2. The van der Waals surface area contributed by atoms with Gasteiger partial charge in [-0.15, -0.1) is 0 Å². The van der Waals surface area contributed by atoms with Crippen LogP contribution in [0.5, 0.6) is 5.75 Å². The first-order valence-electron chi connectivity index (χ1n) is 6.27. The Morgan fingerprint density at radius 3 is 2.90 bits per heavy atom. The van der Waals surface area contributed by atoms with E-state index in [0.717, 1.165) is 0 Å². The minimum Gasteiger partial charge on any atom is -0.427 e. The number of pyridine rings is 1. The fraction of sp³-hybridized carbons (Fsp3) is 0.0667. The van der Waals surface area contributed by atoms with Crippen LogP contribution in [0.4, 0.5) is 0 Å². The van der Waals surface area contributed by atoms with E-state index in [4.69, 9.17) is 4.74 Å². The molecule has 6 nitrogen and oxygen atoms in total. The van der Waals surface area contributed by atoms with Crippen LogP contribution < -0.4 is 10.3 Å². The second kappa shape index (κ2) is 5.16. The molecule has 1 aromatic carbocycles. The summed E-state index contributed by atoms with van der Waals surface area (Å²) in [5.41, 5.74) is 1.14. The van der Waals surface area contributed by atoms with E-state index in [1.165, 1.54) is 6.92 Å². The molecule has 3 aromatic rings. The monoisotopic (exact) mass is 281 g/mol. The average molecular weight is 281 g/mol. The predicted molar refractivity (Wildman–Crippen MR) is 76.9 cm³/mol. The minimum atomic E-state index is -0.406. The molecule has 2 aromatic heterocycles. The van der Waals surface area contributed by atoms with Gasteiger partial charge in [0.1, 0.15) is 11.6 Å². The van der Waals surface area contributed by atoms with E-state index in [0.29, 0.717) is 22.7 Å². The zero-order chi connectivity index (χ0) is 14.8. The van der Waals surface area contributed by atoms with E-state index >= 15 is 0 Å². The lowest BCUT2D eigenvalue weighted by Crippen LogP contribution is -2.11. The van der Waals surface area contributed by atoms with Crippen molar-refractivity contribution in [2.75, 3.05) is 0 Å². The molecule has 0 saturated heterocycles. The lowest BCUT2D eigenvalue weighted by Gasteiger charge is -2.05. The van der Waals surface area contributed by atoms with Crippen LogP contribution in [-0.2, 0) is 4.79 Å². The maximum absolute atomic E-state index is 12.0. The Morgan fingerprint density at radius 2 is 2.10 bits per heavy atom. The number of ether oxygens (including phenoxy) is 1. The summed E-state index contributed by atoms with van der Waals surface area (Å²) >= 11 is 0. The predicted octanol–water partition coefficient (Wildman–Crippen LogP) is 1.91. The third-order valence-corrected chi connectivity index (χ3v) is 2.83. The molecule has 0 spiro atoms. The molecule has 3 rings (SSSR count). The van der Waals surface area contributed by atoms with Crippen molar-refractivity contribution >= 4 is 17.0 Å². The summed E-state index contributed by atoms with van der Waals surface area (Å²) in [6.07, 6.45) is 1.54. The number of nitrogens with one attached hydrogen (secondary N) is 1. The first kappa shape index (κ1) is 13.0. The van der Waals surface area contributed by atoms with Gasteiger partial charge in [0.25, 0.3) is 5.56 Å². The highest BCUT2D eigenvalue weighted by molar-refractivity contribution is 5.75. The smallest absolute Gasteiger partial charge is 0.308 e. The number of hydrogen-bond acceptors (Lipinski definition) is 5. The van der Waals surface area contributed by atoms with Crippen LogP contribution in [-0.4, -0.2) is 20.9 Å². The molecule has 0 atom stereocenters. The molecule has 0 saturated carbocycles. The molecule has 0 aliphatic carbocycles. The number of esters is 1. The van der Waals surface area contributed by atoms with E-state index in [-0.39, 0.29) is 11.1 Å². The van der Waals surface area contributed by atoms with Gasteiger partial charge in [-0.3, -0.25) is 9.59 Å². The molecule has 0 aliphatic heterocycles. The Labute approximate surface area is 119 Å². The summed E-state index contributed by atoms with van der Waals surface area (Å²) in [5.74, 6) is 0.389. The molecule has 0 amide bonds. The standard InChI is InChI=1S/C15H11N3O3/c1-9(19)21-11-5-2-4-10(8-11)14-17-12-6-3-7-16-13(12)15(20)18-14/h2-8H,1H3,(H,17,18,20). The lowest BCUT2D eigenvalue weighted by molar-refractivity contribution is -0.131. The van der Waals surface area contributed by atoms with Gasteiger partial charge in [0.05, 0.1) is 5.52 Å². The Kier molecular flexibility index (Phi) is 3.19. The van der Waals surface area contributed by atoms with Crippen molar-refractivity contribution < 1.29 is 9.53 Å². The number of carbonyl (C=O) groups excluding carboxylic acids is 1. The molecule has 0 fully saturated rings. The van der Waals surface area contributed by atoms with Crippen LogP contribution in [0.2, 0.25) is 0 Å². The summed E-state index contributed by atoms with van der Waals surface area (Å²) in [6, 6.07) is 10.2. The Bertz CT molecular complexity index is 886. The highest BCUT2D eigenvalue weighted by atomic mass is 16.5. The molecule has 0 bridgehead atoms. The molecular formula is C15H11N3O3. The second-order valence-corrected chi connectivity index (χ2v) is 4.41. The van der Waals surface area contributed by atoms with Crippen molar-refractivity contribution in [3.8, 4) is 17.1 Å². The van der Waals surface area contributed by atoms with Gasteiger partial charge in [0.2, 0.25) is 0 Å². The van der Waals surface area contributed by atoms with Gasteiger partial charge in [-0.25, -0.2) is 9.97 Å². The topological polar surface area (TPSA) is 84.9 Å². The number of H-pyrrole nitrogens is 1. The van der Waals surface area contributed by atoms with E-state index in [9.17, 15) is 9.59 Å². The Hall–Kier alpha value is -3.02. The van der Waals surface area contributed by atoms with Crippen molar-refractivity contribution in [1.82, 2.24) is 15.0 Å². The molecule has 0 radical (unpaired) electrons. The molecular weight excluding hydrogens is 270 g/mol. The number of aromatic nitrogens is 3. The zero-order valence-corrected chi connectivity index (χ0v) is 11.2. The first-order chi connectivity index (χ1) is 10.1. The summed E-state index contributed by atoms with van der Waals surface area (Å²) in [5, 5.41) is 0. The van der Waals surface area contributed by atoms with Gasteiger partial charge >= 0.3 is 5.97 Å². The second-order valence-electron chi connectivity index (χ2n) is 4.41. The highest BCUT2D eigenvalue weighted by Crippen LogP contribution is 2.21. The SMILES string of the molecule is CC(=O)Oc1cccc(-c2nc3cccnc3c(=O)[nH]2)c1. The van der Waals surface area contributed by atoms with Gasteiger partial charge in [0, 0.05) is 18.7 Å². The quantitative estimate of drug-likeness (QED) is 0.573. The third kappa shape index (κ3) is 2.64. The lowest BCUT2D eigenvalue weighted by atomic mass is 10.2. The number of benzene rings is 1. The summed E-state index contributed by atoms with van der Waals surface area (Å²) in [7, 11) is 0. The van der Waals surface area contributed by atoms with Crippen molar-refractivity contribution in [3.63, 3.8) is 0 Å². The Balaban J connectivity index is 2.12. The number of fused-ring (bicyclic) bond motifs is 1. The van der Waals surface area contributed by atoms with E-state index in [1.54, 1.807) is 42.6 Å². The van der Waals surface area contributed by atoms with E-state index in [2.05, 4.69) is 15.0 Å². The number of carbonyl (C=O) groups is 1. The van der Waals surface area contributed by atoms with Crippen LogP contribution in [0.3, 0.4) is 0 Å². The molecule has 104 valence electrons. The molecule has 0 aliphatic rings. The van der Waals surface area contributed by atoms with Crippen LogP contribution in [0.1, 0.15) is 6.92 Å².